The highest BCUT2D eigenvalue weighted by Gasteiger charge is 2.47. The summed E-state index contributed by atoms with van der Waals surface area (Å²) < 4.78 is 31.0. The van der Waals surface area contributed by atoms with Gasteiger partial charge in [0.15, 0.2) is 15.6 Å². The van der Waals surface area contributed by atoms with Crippen LogP contribution in [0.15, 0.2) is 24.3 Å². The second-order valence-electron chi connectivity index (χ2n) is 14.2. The van der Waals surface area contributed by atoms with Gasteiger partial charge in [0.1, 0.15) is 11.1 Å². The van der Waals surface area contributed by atoms with Crippen LogP contribution in [0.1, 0.15) is 68.9 Å². The van der Waals surface area contributed by atoms with E-state index in [1.165, 1.54) is 11.1 Å². The van der Waals surface area contributed by atoms with Gasteiger partial charge < -0.3 is 14.6 Å². The Morgan fingerprint density at radius 3 is 2.18 bits per heavy atom. The van der Waals surface area contributed by atoms with Gasteiger partial charge in [-0.05, 0) is 84.9 Å². The van der Waals surface area contributed by atoms with E-state index in [9.17, 15) is 13.2 Å². The fourth-order valence-electron chi connectivity index (χ4n) is 8.16. The Morgan fingerprint density at radius 1 is 0.955 bits per heavy atom. The highest BCUT2D eigenvalue weighted by molar-refractivity contribution is 7.91. The molecule has 0 aliphatic carbocycles. The summed E-state index contributed by atoms with van der Waals surface area (Å²) in [5.74, 6) is 1.70. The van der Waals surface area contributed by atoms with E-state index in [0.717, 1.165) is 90.4 Å². The standard InChI is InChI=1S/C34H46N4O4S2/c1-21-16-22(2)18-24(17-21)30-31(42-23(3)36-11-13-37(14-12-36)27-10-15-44(40,41)20-27)28-19-29(43-32(28)35-30)34(4,5)33(39)38-25-6-7-26(38)9-8-25/h16-19,23,25-27,35H,6-15,20H2,1-5H3. The monoisotopic (exact) mass is 638 g/mol. The van der Waals surface area contributed by atoms with Crippen molar-refractivity contribution in [2.75, 3.05) is 37.7 Å². The number of ether oxygens (including phenoxy) is 1. The summed E-state index contributed by atoms with van der Waals surface area (Å²) in [5.41, 5.74) is 3.88. The molecule has 3 aromatic rings. The Balaban J connectivity index is 1.16. The highest BCUT2D eigenvalue weighted by atomic mass is 32.2. The topological polar surface area (TPSA) is 85.9 Å². The third-order valence-corrected chi connectivity index (χ3v) is 13.8. The Hall–Kier alpha value is -2.40. The summed E-state index contributed by atoms with van der Waals surface area (Å²) >= 11 is 1.68. The molecule has 7 rings (SSSR count). The minimum atomic E-state index is -2.89. The van der Waals surface area contributed by atoms with Crippen LogP contribution in [-0.4, -0.2) is 96.0 Å². The fraction of sp³-hybridized carbons (Fsp3) is 0.618. The number of rotatable bonds is 7. The molecule has 4 aliphatic rings. The number of hydrogen-bond donors (Lipinski definition) is 1. The molecule has 0 saturated carbocycles. The van der Waals surface area contributed by atoms with Gasteiger partial charge in [0.25, 0.3) is 0 Å². The number of amides is 1. The van der Waals surface area contributed by atoms with Crippen LogP contribution >= 0.6 is 11.3 Å². The zero-order valence-electron chi connectivity index (χ0n) is 26.7. The van der Waals surface area contributed by atoms with Gasteiger partial charge in [-0.15, -0.1) is 11.3 Å². The molecule has 44 heavy (non-hydrogen) atoms. The molecule has 2 unspecified atom stereocenters. The molecule has 0 radical (unpaired) electrons. The third kappa shape index (κ3) is 5.39. The van der Waals surface area contributed by atoms with Crippen molar-refractivity contribution in [2.45, 2.75) is 96.5 Å². The summed E-state index contributed by atoms with van der Waals surface area (Å²) in [6, 6.07) is 9.74. The first-order valence-electron chi connectivity index (χ1n) is 16.3. The van der Waals surface area contributed by atoms with Crippen LogP contribution in [0.4, 0.5) is 0 Å². The zero-order chi connectivity index (χ0) is 31.0. The van der Waals surface area contributed by atoms with E-state index in [1.807, 2.05) is 0 Å². The lowest BCUT2D eigenvalue weighted by Gasteiger charge is -2.40. The van der Waals surface area contributed by atoms with Gasteiger partial charge in [-0.3, -0.25) is 14.6 Å². The maximum absolute atomic E-state index is 14.0. The van der Waals surface area contributed by atoms with Gasteiger partial charge in [-0.2, -0.15) is 0 Å². The van der Waals surface area contributed by atoms with Crippen LogP contribution in [0.2, 0.25) is 0 Å². The summed E-state index contributed by atoms with van der Waals surface area (Å²) in [5, 5.41) is 1.03. The van der Waals surface area contributed by atoms with E-state index < -0.39 is 15.3 Å². The number of aromatic amines is 1. The maximum Gasteiger partial charge on any atom is 0.233 e. The molecular weight excluding hydrogens is 593 g/mol. The van der Waals surface area contributed by atoms with Gasteiger partial charge in [0, 0.05) is 54.7 Å². The average Bonchev–Trinajstić information content (AvgIpc) is 3.80. The second-order valence-corrected chi connectivity index (χ2v) is 17.5. The molecule has 6 heterocycles. The van der Waals surface area contributed by atoms with Crippen molar-refractivity contribution in [3.05, 3.63) is 40.3 Å². The molecule has 10 heteroatoms. The van der Waals surface area contributed by atoms with E-state index in [-0.39, 0.29) is 23.9 Å². The predicted octanol–water partition coefficient (Wildman–Crippen LogP) is 5.47. The number of benzene rings is 1. The number of hydrogen-bond acceptors (Lipinski definition) is 7. The molecule has 2 aromatic heterocycles. The lowest BCUT2D eigenvalue weighted by atomic mass is 9.89. The van der Waals surface area contributed by atoms with E-state index in [2.05, 4.69) is 78.6 Å². The average molecular weight is 639 g/mol. The van der Waals surface area contributed by atoms with Crippen LogP contribution < -0.4 is 4.74 Å². The van der Waals surface area contributed by atoms with Crippen molar-refractivity contribution in [3.63, 3.8) is 0 Å². The first-order valence-corrected chi connectivity index (χ1v) is 19.0. The van der Waals surface area contributed by atoms with E-state index in [1.54, 1.807) is 11.3 Å². The third-order valence-electron chi connectivity index (χ3n) is 10.7. The molecule has 1 N–H and O–H groups in total. The van der Waals surface area contributed by atoms with Crippen molar-refractivity contribution < 1.29 is 17.9 Å². The number of aromatic nitrogens is 1. The molecular formula is C34H46N4O4S2. The van der Waals surface area contributed by atoms with E-state index in [0.29, 0.717) is 17.8 Å². The van der Waals surface area contributed by atoms with Crippen LogP contribution in [0.5, 0.6) is 5.75 Å². The Kier molecular flexibility index (Phi) is 7.66. The molecule has 2 bridgehead atoms. The van der Waals surface area contributed by atoms with Gasteiger partial charge in [-0.25, -0.2) is 8.42 Å². The molecule has 0 spiro atoms. The smallest absolute Gasteiger partial charge is 0.233 e. The lowest BCUT2D eigenvalue weighted by molar-refractivity contribution is -0.137. The normalized spacial score (nSPS) is 26.6. The molecule has 4 saturated heterocycles. The van der Waals surface area contributed by atoms with E-state index >= 15 is 0 Å². The Labute approximate surface area is 265 Å². The second kappa shape index (κ2) is 11.1. The minimum Gasteiger partial charge on any atom is -0.472 e. The first kappa shape index (κ1) is 30.3. The maximum atomic E-state index is 14.0. The van der Waals surface area contributed by atoms with Gasteiger partial charge in [0.05, 0.1) is 28.0 Å². The number of nitrogens with zero attached hydrogens (tertiary/aromatic N) is 3. The number of piperazine rings is 1. The summed E-state index contributed by atoms with van der Waals surface area (Å²) in [7, 11) is -2.89. The van der Waals surface area contributed by atoms with Crippen molar-refractivity contribution in [1.82, 2.24) is 19.7 Å². The van der Waals surface area contributed by atoms with Crippen molar-refractivity contribution in [1.29, 1.82) is 0 Å². The van der Waals surface area contributed by atoms with Crippen LogP contribution in [0.25, 0.3) is 21.5 Å². The lowest BCUT2D eigenvalue weighted by Crippen LogP contribution is -2.54. The van der Waals surface area contributed by atoms with Crippen LogP contribution in [0.3, 0.4) is 0 Å². The molecule has 8 nitrogen and oxygen atoms in total. The number of carbonyl (C=O) groups is 1. The fourth-order valence-corrected chi connectivity index (χ4v) is 11.1. The predicted molar refractivity (Wildman–Crippen MR) is 177 cm³/mol. The summed E-state index contributed by atoms with van der Waals surface area (Å²) in [4.78, 5) is 26.7. The number of thiophene rings is 1. The Morgan fingerprint density at radius 2 is 1.59 bits per heavy atom. The molecule has 238 valence electrons. The SMILES string of the molecule is Cc1cc(C)cc(-c2[nH]c3sc(C(C)(C)C(=O)N4C5CCC4CC5)cc3c2OC(C)N2CCN(C3CCS(=O)(=O)C3)CC2)c1. The zero-order valence-corrected chi connectivity index (χ0v) is 28.3. The van der Waals surface area contributed by atoms with Crippen LogP contribution in [0, 0.1) is 13.8 Å². The minimum absolute atomic E-state index is 0.143. The number of sulfone groups is 1. The van der Waals surface area contributed by atoms with E-state index in [4.69, 9.17) is 4.74 Å². The van der Waals surface area contributed by atoms with Gasteiger partial charge >= 0.3 is 0 Å². The molecule has 1 aromatic carbocycles. The van der Waals surface area contributed by atoms with Crippen molar-refractivity contribution in [2.24, 2.45) is 0 Å². The number of fused-ring (bicyclic) bond motifs is 3. The number of carbonyl (C=O) groups excluding carboxylic acids is 1. The highest BCUT2D eigenvalue weighted by Crippen LogP contribution is 2.47. The molecule has 1 amide bonds. The number of aryl methyl sites for hydroxylation is 2. The number of H-pyrrole nitrogens is 1. The van der Waals surface area contributed by atoms with Crippen LogP contribution in [-0.2, 0) is 20.0 Å². The molecule has 4 aliphatic heterocycles. The van der Waals surface area contributed by atoms with Gasteiger partial charge in [-0.1, -0.05) is 17.2 Å². The van der Waals surface area contributed by atoms with Crippen molar-refractivity contribution >= 4 is 37.3 Å². The molecule has 2 atom stereocenters. The van der Waals surface area contributed by atoms with Crippen molar-refractivity contribution in [3.8, 4) is 17.0 Å². The quantitative estimate of drug-likeness (QED) is 0.369. The van der Waals surface area contributed by atoms with Gasteiger partial charge in [0.2, 0.25) is 5.91 Å². The first-order chi connectivity index (χ1) is 20.9. The molecule has 4 fully saturated rings. The summed E-state index contributed by atoms with van der Waals surface area (Å²) in [6.07, 6.45) is 5.14. The Bertz CT molecular complexity index is 1640. The number of nitrogens with one attached hydrogen (secondary N) is 1. The largest absolute Gasteiger partial charge is 0.472 e. The summed E-state index contributed by atoms with van der Waals surface area (Å²) in [6.45, 7) is 13.9.